The standard InChI is InChI=1S/C42H80NO11P/c1-6-8-10-11-12-13-14-15-16-17-23-27-42(48)54-36(34-53-55(49,50)52-31-30-43(3,4)5)33-51-41(47)26-22-19-18-21-25-37-38(40(46)32-39(37)45)29-28-35(44)24-20-9-7-2/h28-29,35-40,44-46H,6-27,30-34H2,1-5H3/p+1/b29-28+/t35-,36+,37+,38+,39-,40+/m0/s1. The maximum atomic E-state index is 12.7. The summed E-state index contributed by atoms with van der Waals surface area (Å²) < 4.78 is 34.2. The Balaban J connectivity index is 2.48. The lowest BCUT2D eigenvalue weighted by Gasteiger charge is -2.24. The molecule has 1 unspecified atom stereocenters. The van der Waals surface area contributed by atoms with E-state index in [0.29, 0.717) is 36.7 Å². The molecule has 0 aromatic carbocycles. The maximum absolute atomic E-state index is 12.7. The molecule has 0 radical (unpaired) electrons. The van der Waals surface area contributed by atoms with Crippen LogP contribution in [-0.2, 0) is 32.7 Å². The average Bonchev–Trinajstić information content (AvgIpc) is 3.39. The topological polar surface area (TPSA) is 169 Å². The van der Waals surface area contributed by atoms with Crippen molar-refractivity contribution in [3.8, 4) is 0 Å². The zero-order valence-corrected chi connectivity index (χ0v) is 36.1. The van der Waals surface area contributed by atoms with Gasteiger partial charge in [0, 0.05) is 25.2 Å². The molecule has 0 bridgehead atoms. The lowest BCUT2D eigenvalue weighted by Crippen LogP contribution is -2.37. The molecule has 0 aliphatic heterocycles. The molecule has 0 amide bonds. The van der Waals surface area contributed by atoms with Gasteiger partial charge in [0.2, 0.25) is 0 Å². The summed E-state index contributed by atoms with van der Waals surface area (Å²) in [7, 11) is 1.36. The van der Waals surface area contributed by atoms with Crippen LogP contribution < -0.4 is 0 Å². The highest BCUT2D eigenvalue weighted by atomic mass is 31.2. The highest BCUT2D eigenvalue weighted by Gasteiger charge is 2.39. The van der Waals surface area contributed by atoms with E-state index in [9.17, 15) is 34.4 Å². The number of phosphoric acid groups is 1. The van der Waals surface area contributed by atoms with Crippen molar-refractivity contribution in [1.82, 2.24) is 0 Å². The minimum atomic E-state index is -4.42. The molecule has 13 heteroatoms. The number of carbonyl (C=O) groups is 2. The van der Waals surface area contributed by atoms with Gasteiger partial charge in [0.15, 0.2) is 6.10 Å². The molecule has 1 saturated carbocycles. The predicted octanol–water partition coefficient (Wildman–Crippen LogP) is 8.18. The molecule has 1 aliphatic rings. The van der Waals surface area contributed by atoms with Crippen molar-refractivity contribution in [2.45, 2.75) is 186 Å². The first-order valence-corrected chi connectivity index (χ1v) is 23.2. The van der Waals surface area contributed by atoms with Gasteiger partial charge >= 0.3 is 19.8 Å². The first kappa shape index (κ1) is 51.6. The van der Waals surface area contributed by atoms with Crippen LogP contribution in [0.4, 0.5) is 0 Å². The number of unbranched alkanes of at least 4 members (excludes halogenated alkanes) is 15. The number of likely N-dealkylation sites (N-methyl/N-ethyl adjacent to an activating group) is 1. The van der Waals surface area contributed by atoms with Gasteiger partial charge in [-0.1, -0.05) is 129 Å². The summed E-state index contributed by atoms with van der Waals surface area (Å²) in [6, 6.07) is 0. The number of ether oxygens (including phenoxy) is 2. The molecule has 324 valence electrons. The van der Waals surface area contributed by atoms with Crippen molar-refractivity contribution in [1.29, 1.82) is 0 Å². The number of aliphatic hydroxyl groups is 3. The monoisotopic (exact) mass is 807 g/mol. The molecule has 55 heavy (non-hydrogen) atoms. The molecule has 4 N–H and O–H groups in total. The van der Waals surface area contributed by atoms with E-state index in [-0.39, 0.29) is 37.9 Å². The second-order valence-corrected chi connectivity index (χ2v) is 18.2. The Kier molecular flexibility index (Phi) is 28.8. The average molecular weight is 807 g/mol. The van der Waals surface area contributed by atoms with Crippen molar-refractivity contribution in [3.63, 3.8) is 0 Å². The van der Waals surface area contributed by atoms with E-state index >= 15 is 0 Å². The lowest BCUT2D eigenvalue weighted by molar-refractivity contribution is -0.870. The van der Waals surface area contributed by atoms with Gasteiger partial charge < -0.3 is 34.2 Å². The van der Waals surface area contributed by atoms with E-state index in [0.717, 1.165) is 64.2 Å². The Bertz CT molecular complexity index is 1070. The fourth-order valence-corrected chi connectivity index (χ4v) is 7.67. The first-order chi connectivity index (χ1) is 26.2. The van der Waals surface area contributed by atoms with Crippen molar-refractivity contribution < 1.29 is 57.4 Å². The maximum Gasteiger partial charge on any atom is 0.472 e. The first-order valence-electron chi connectivity index (χ1n) is 21.7. The van der Waals surface area contributed by atoms with Gasteiger partial charge in [-0.3, -0.25) is 18.6 Å². The van der Waals surface area contributed by atoms with Crippen LogP contribution in [0.15, 0.2) is 12.2 Å². The Labute approximate surface area is 333 Å². The predicted molar refractivity (Wildman–Crippen MR) is 217 cm³/mol. The van der Waals surface area contributed by atoms with Crippen LogP contribution >= 0.6 is 7.82 Å². The quantitative estimate of drug-likeness (QED) is 0.0160. The summed E-state index contributed by atoms with van der Waals surface area (Å²) >= 11 is 0. The number of phosphoric ester groups is 1. The van der Waals surface area contributed by atoms with Gasteiger partial charge in [0.1, 0.15) is 19.8 Å². The molecule has 0 heterocycles. The molecule has 7 atom stereocenters. The molecular formula is C42H81NO11P+. The zero-order chi connectivity index (χ0) is 41.0. The number of esters is 2. The second kappa shape index (κ2) is 30.7. The Hall–Kier alpha value is -1.37. The summed E-state index contributed by atoms with van der Waals surface area (Å²) in [5, 5.41) is 31.4. The van der Waals surface area contributed by atoms with Gasteiger partial charge in [-0.2, -0.15) is 0 Å². The van der Waals surface area contributed by atoms with Crippen LogP contribution in [0.1, 0.15) is 162 Å². The fourth-order valence-electron chi connectivity index (χ4n) is 6.93. The van der Waals surface area contributed by atoms with E-state index in [4.69, 9.17) is 18.5 Å². The number of rotatable bonds is 35. The summed E-state index contributed by atoms with van der Waals surface area (Å²) in [6.07, 6.45) is 21.8. The zero-order valence-electron chi connectivity index (χ0n) is 35.3. The molecule has 1 fully saturated rings. The summed E-state index contributed by atoms with van der Waals surface area (Å²) in [4.78, 5) is 35.5. The summed E-state index contributed by atoms with van der Waals surface area (Å²) in [6.45, 7) is 4.07. The van der Waals surface area contributed by atoms with Crippen molar-refractivity contribution in [3.05, 3.63) is 12.2 Å². The Morgan fingerprint density at radius 3 is 1.89 bits per heavy atom. The van der Waals surface area contributed by atoms with Gasteiger partial charge in [-0.15, -0.1) is 0 Å². The molecule has 1 aliphatic carbocycles. The van der Waals surface area contributed by atoms with Crippen molar-refractivity contribution in [2.75, 3.05) is 47.5 Å². The smallest absolute Gasteiger partial charge is 0.462 e. The highest BCUT2D eigenvalue weighted by Crippen LogP contribution is 2.43. The molecular weight excluding hydrogens is 725 g/mol. The lowest BCUT2D eigenvalue weighted by atomic mass is 9.88. The van der Waals surface area contributed by atoms with E-state index < -0.39 is 50.8 Å². The van der Waals surface area contributed by atoms with Crippen molar-refractivity contribution >= 4 is 19.8 Å². The molecule has 0 saturated heterocycles. The minimum Gasteiger partial charge on any atom is -0.462 e. The largest absolute Gasteiger partial charge is 0.472 e. The number of carbonyl (C=O) groups excluding carboxylic acids is 2. The summed E-state index contributed by atoms with van der Waals surface area (Å²) in [5.74, 6) is -1.20. The van der Waals surface area contributed by atoms with Gasteiger partial charge in [0.05, 0.1) is 46.1 Å². The molecule has 0 spiro atoms. The SMILES string of the molecule is CCCCCCCCCCCCCC(=O)O[C@H](COC(=O)CCCCCC[C@@H]1[C@@H](/C=C/[C@@H](O)CCCCC)[C@H](O)C[C@@H]1O)COP(=O)(O)OCC[N+](C)(C)C. The second-order valence-electron chi connectivity index (χ2n) is 16.7. The van der Waals surface area contributed by atoms with Gasteiger partial charge in [0.25, 0.3) is 0 Å². The van der Waals surface area contributed by atoms with E-state index in [1.807, 2.05) is 27.2 Å². The number of hydrogen-bond acceptors (Lipinski definition) is 10. The summed E-state index contributed by atoms with van der Waals surface area (Å²) in [5.41, 5.74) is 0. The number of quaternary nitrogens is 1. The minimum absolute atomic E-state index is 0.000274. The van der Waals surface area contributed by atoms with Gasteiger partial charge in [-0.25, -0.2) is 4.57 Å². The Morgan fingerprint density at radius 2 is 1.29 bits per heavy atom. The molecule has 12 nitrogen and oxygen atoms in total. The van der Waals surface area contributed by atoms with E-state index in [1.165, 1.54) is 44.9 Å². The number of nitrogens with zero attached hydrogens (tertiary/aromatic N) is 1. The molecule has 0 aromatic heterocycles. The molecule has 0 aromatic rings. The normalized spacial score (nSPS) is 21.1. The fraction of sp³-hybridized carbons (Fsp3) is 0.905. The number of hydrogen-bond donors (Lipinski definition) is 4. The Morgan fingerprint density at radius 1 is 0.745 bits per heavy atom. The van der Waals surface area contributed by atoms with Crippen LogP contribution in [0.2, 0.25) is 0 Å². The third kappa shape index (κ3) is 27.8. The van der Waals surface area contributed by atoms with E-state index in [2.05, 4.69) is 13.8 Å². The van der Waals surface area contributed by atoms with Crippen LogP contribution in [0, 0.1) is 11.8 Å². The van der Waals surface area contributed by atoms with Crippen LogP contribution in [0.3, 0.4) is 0 Å². The third-order valence-electron chi connectivity index (χ3n) is 10.4. The van der Waals surface area contributed by atoms with Crippen LogP contribution in [-0.4, -0.2) is 109 Å². The van der Waals surface area contributed by atoms with E-state index in [1.54, 1.807) is 6.08 Å². The van der Waals surface area contributed by atoms with Crippen LogP contribution in [0.5, 0.6) is 0 Å². The van der Waals surface area contributed by atoms with Crippen molar-refractivity contribution in [2.24, 2.45) is 11.8 Å². The van der Waals surface area contributed by atoms with Gasteiger partial charge in [-0.05, 0) is 31.6 Å². The molecule has 1 rings (SSSR count). The third-order valence-corrected chi connectivity index (χ3v) is 11.4. The van der Waals surface area contributed by atoms with Crippen LogP contribution in [0.25, 0.3) is 0 Å². The highest BCUT2D eigenvalue weighted by molar-refractivity contribution is 7.47. The number of aliphatic hydroxyl groups excluding tert-OH is 3.